The van der Waals surface area contributed by atoms with Crippen molar-refractivity contribution in [2.45, 2.75) is 12.5 Å². The lowest BCUT2D eigenvalue weighted by Crippen LogP contribution is -2.36. The Bertz CT molecular complexity index is 299. The SMILES string of the molecule is O=C(NC1CCS(=O)(=O)C1)OCCO. The summed E-state index contributed by atoms with van der Waals surface area (Å²) in [7, 11) is -2.98. The zero-order valence-corrected chi connectivity index (χ0v) is 8.42. The van der Waals surface area contributed by atoms with Crippen molar-refractivity contribution in [3.63, 3.8) is 0 Å². The van der Waals surface area contributed by atoms with Gasteiger partial charge in [-0.3, -0.25) is 0 Å². The molecular weight excluding hydrogens is 210 g/mol. The molecule has 0 bridgehead atoms. The summed E-state index contributed by atoms with van der Waals surface area (Å²) in [6.45, 7) is -0.318. The van der Waals surface area contributed by atoms with Crippen LogP contribution >= 0.6 is 0 Å². The van der Waals surface area contributed by atoms with Crippen LogP contribution in [0.2, 0.25) is 0 Å². The van der Waals surface area contributed by atoms with Crippen molar-refractivity contribution in [1.29, 1.82) is 0 Å². The summed E-state index contributed by atoms with van der Waals surface area (Å²) in [5.74, 6) is 0.0825. The van der Waals surface area contributed by atoms with Crippen LogP contribution in [-0.2, 0) is 14.6 Å². The van der Waals surface area contributed by atoms with Gasteiger partial charge in [0.15, 0.2) is 9.84 Å². The third kappa shape index (κ3) is 3.51. The zero-order valence-electron chi connectivity index (χ0n) is 7.60. The first-order valence-electron chi connectivity index (χ1n) is 4.28. The van der Waals surface area contributed by atoms with E-state index in [0.29, 0.717) is 6.42 Å². The predicted molar refractivity (Wildman–Crippen MR) is 48.6 cm³/mol. The van der Waals surface area contributed by atoms with E-state index >= 15 is 0 Å². The number of sulfone groups is 1. The molecule has 1 aliphatic heterocycles. The second-order valence-corrected chi connectivity index (χ2v) is 5.33. The van der Waals surface area contributed by atoms with Crippen molar-refractivity contribution in [3.05, 3.63) is 0 Å². The summed E-state index contributed by atoms with van der Waals surface area (Å²) in [6, 6.07) is -0.355. The molecule has 0 aromatic rings. The summed E-state index contributed by atoms with van der Waals surface area (Å²) in [6.07, 6.45) is -0.252. The molecule has 1 aliphatic rings. The van der Waals surface area contributed by atoms with Crippen LogP contribution in [0, 0.1) is 0 Å². The summed E-state index contributed by atoms with van der Waals surface area (Å²) < 4.78 is 26.5. The van der Waals surface area contributed by atoms with Crippen molar-refractivity contribution in [2.24, 2.45) is 0 Å². The van der Waals surface area contributed by atoms with Gasteiger partial charge in [0, 0.05) is 6.04 Å². The van der Waals surface area contributed by atoms with Crippen molar-refractivity contribution < 1.29 is 23.1 Å². The van der Waals surface area contributed by atoms with E-state index in [-0.39, 0.29) is 30.8 Å². The summed E-state index contributed by atoms with van der Waals surface area (Å²) in [5, 5.41) is 10.8. The van der Waals surface area contributed by atoms with Crippen LogP contribution in [0.25, 0.3) is 0 Å². The Kier molecular flexibility index (Phi) is 3.70. The monoisotopic (exact) mass is 223 g/mol. The fourth-order valence-corrected chi connectivity index (χ4v) is 2.93. The lowest BCUT2D eigenvalue weighted by atomic mass is 10.3. The van der Waals surface area contributed by atoms with Gasteiger partial charge in [0.25, 0.3) is 0 Å². The van der Waals surface area contributed by atoms with Crippen molar-refractivity contribution in [3.8, 4) is 0 Å². The Labute approximate surface area is 82.2 Å². The van der Waals surface area contributed by atoms with Crippen LogP contribution in [0.1, 0.15) is 6.42 Å². The van der Waals surface area contributed by atoms with Crippen LogP contribution in [0.3, 0.4) is 0 Å². The molecule has 0 saturated carbocycles. The molecule has 1 atom stereocenters. The Morgan fingerprint density at radius 2 is 2.29 bits per heavy atom. The third-order valence-electron chi connectivity index (χ3n) is 1.88. The number of alkyl carbamates (subject to hydrolysis) is 1. The van der Waals surface area contributed by atoms with E-state index in [1.165, 1.54) is 0 Å². The normalized spacial score (nSPS) is 24.5. The number of hydrogen-bond donors (Lipinski definition) is 2. The van der Waals surface area contributed by atoms with E-state index in [2.05, 4.69) is 10.1 Å². The number of amides is 1. The van der Waals surface area contributed by atoms with Gasteiger partial charge in [-0.2, -0.15) is 0 Å². The van der Waals surface area contributed by atoms with E-state index in [4.69, 9.17) is 5.11 Å². The Morgan fingerprint density at radius 3 is 2.79 bits per heavy atom. The Balaban J connectivity index is 2.29. The molecule has 6 nitrogen and oxygen atoms in total. The summed E-state index contributed by atoms with van der Waals surface area (Å²) >= 11 is 0. The molecule has 0 aromatic heterocycles. The van der Waals surface area contributed by atoms with Crippen LogP contribution in [0.4, 0.5) is 4.79 Å². The standard InChI is InChI=1S/C7H13NO5S/c9-2-3-13-7(10)8-6-1-4-14(11,12)5-6/h6,9H,1-5H2,(H,8,10). The maximum Gasteiger partial charge on any atom is 0.407 e. The molecule has 1 unspecified atom stereocenters. The number of carbonyl (C=O) groups excluding carboxylic acids is 1. The van der Waals surface area contributed by atoms with E-state index in [1.54, 1.807) is 0 Å². The van der Waals surface area contributed by atoms with E-state index in [1.807, 2.05) is 0 Å². The second kappa shape index (κ2) is 4.61. The molecule has 0 aliphatic carbocycles. The molecular formula is C7H13NO5S. The van der Waals surface area contributed by atoms with Gasteiger partial charge >= 0.3 is 6.09 Å². The van der Waals surface area contributed by atoms with Gasteiger partial charge in [-0.15, -0.1) is 0 Å². The number of aliphatic hydroxyl groups is 1. The first-order valence-corrected chi connectivity index (χ1v) is 6.10. The van der Waals surface area contributed by atoms with Gasteiger partial charge in [0.2, 0.25) is 0 Å². The Morgan fingerprint density at radius 1 is 1.57 bits per heavy atom. The molecule has 1 amide bonds. The summed E-state index contributed by atoms with van der Waals surface area (Å²) in [5.41, 5.74) is 0. The largest absolute Gasteiger partial charge is 0.447 e. The first-order chi connectivity index (χ1) is 6.53. The molecule has 0 radical (unpaired) electrons. The lowest BCUT2D eigenvalue weighted by Gasteiger charge is -2.10. The minimum atomic E-state index is -2.98. The smallest absolute Gasteiger partial charge is 0.407 e. The average molecular weight is 223 g/mol. The third-order valence-corrected chi connectivity index (χ3v) is 3.65. The second-order valence-electron chi connectivity index (χ2n) is 3.10. The first kappa shape index (κ1) is 11.3. The molecule has 0 aromatic carbocycles. The van der Waals surface area contributed by atoms with Gasteiger partial charge in [-0.25, -0.2) is 13.2 Å². The molecule has 0 spiro atoms. The van der Waals surface area contributed by atoms with Crippen molar-refractivity contribution in [1.82, 2.24) is 5.32 Å². The van der Waals surface area contributed by atoms with Gasteiger partial charge in [-0.05, 0) is 6.42 Å². The molecule has 1 saturated heterocycles. The number of aliphatic hydroxyl groups excluding tert-OH is 1. The van der Waals surface area contributed by atoms with Crippen molar-refractivity contribution >= 4 is 15.9 Å². The molecule has 1 heterocycles. The highest BCUT2D eigenvalue weighted by atomic mass is 32.2. The number of nitrogens with one attached hydrogen (secondary N) is 1. The van der Waals surface area contributed by atoms with Gasteiger partial charge in [-0.1, -0.05) is 0 Å². The number of ether oxygens (including phenoxy) is 1. The zero-order chi connectivity index (χ0) is 10.6. The minimum Gasteiger partial charge on any atom is -0.447 e. The van der Waals surface area contributed by atoms with Crippen molar-refractivity contribution in [2.75, 3.05) is 24.7 Å². The Hall–Kier alpha value is -0.820. The van der Waals surface area contributed by atoms with E-state index < -0.39 is 15.9 Å². The highest BCUT2D eigenvalue weighted by Gasteiger charge is 2.29. The molecule has 2 N–H and O–H groups in total. The molecule has 7 heteroatoms. The van der Waals surface area contributed by atoms with Crippen LogP contribution in [0.5, 0.6) is 0 Å². The highest BCUT2D eigenvalue weighted by Crippen LogP contribution is 2.11. The van der Waals surface area contributed by atoms with Gasteiger partial charge in [0.1, 0.15) is 6.61 Å². The minimum absolute atomic E-state index is 0.0266. The quantitative estimate of drug-likeness (QED) is 0.633. The van der Waals surface area contributed by atoms with Gasteiger partial charge < -0.3 is 15.2 Å². The molecule has 1 rings (SSSR count). The highest BCUT2D eigenvalue weighted by molar-refractivity contribution is 7.91. The fraction of sp³-hybridized carbons (Fsp3) is 0.857. The average Bonchev–Trinajstić information content (AvgIpc) is 2.42. The topological polar surface area (TPSA) is 92.7 Å². The lowest BCUT2D eigenvalue weighted by molar-refractivity contribution is 0.117. The van der Waals surface area contributed by atoms with Gasteiger partial charge in [0.05, 0.1) is 18.1 Å². The number of rotatable bonds is 3. The van der Waals surface area contributed by atoms with Crippen LogP contribution in [0.15, 0.2) is 0 Å². The predicted octanol–water partition coefficient (Wildman–Crippen LogP) is -1.11. The maximum absolute atomic E-state index is 11.0. The number of hydrogen-bond acceptors (Lipinski definition) is 5. The van der Waals surface area contributed by atoms with Crippen LogP contribution < -0.4 is 5.32 Å². The van der Waals surface area contributed by atoms with E-state index in [9.17, 15) is 13.2 Å². The maximum atomic E-state index is 11.0. The fourth-order valence-electron chi connectivity index (χ4n) is 1.26. The van der Waals surface area contributed by atoms with Crippen LogP contribution in [-0.4, -0.2) is 50.4 Å². The number of carbonyl (C=O) groups is 1. The molecule has 1 fully saturated rings. The van der Waals surface area contributed by atoms with E-state index in [0.717, 1.165) is 0 Å². The molecule has 82 valence electrons. The molecule has 14 heavy (non-hydrogen) atoms. The summed E-state index contributed by atoms with van der Waals surface area (Å²) in [4.78, 5) is 10.9.